The zero-order valence-corrected chi connectivity index (χ0v) is 15.9. The first kappa shape index (κ1) is 22.2. The Kier molecular flexibility index (Phi) is 9.78. The zero-order chi connectivity index (χ0) is 15.3. The van der Waals surface area contributed by atoms with Gasteiger partial charge in [-0.2, -0.15) is 0 Å². The number of rotatable bonds is 4. The molecule has 6 heteroatoms. The average Bonchev–Trinajstić information content (AvgIpc) is 2.45. The van der Waals surface area contributed by atoms with Crippen LogP contribution in [0.15, 0.2) is 30.3 Å². The van der Waals surface area contributed by atoms with Crippen LogP contribution in [0.1, 0.15) is 26.3 Å². The van der Waals surface area contributed by atoms with E-state index in [1.165, 1.54) is 5.56 Å². The van der Waals surface area contributed by atoms with Gasteiger partial charge in [0.2, 0.25) is 5.91 Å². The molecule has 132 valence electrons. The highest BCUT2D eigenvalue weighted by Crippen LogP contribution is 2.18. The third-order valence-electron chi connectivity index (χ3n) is 3.86. The maximum Gasteiger partial charge on any atom is 0.237 e. The van der Waals surface area contributed by atoms with Crippen molar-refractivity contribution in [2.45, 2.75) is 32.9 Å². The van der Waals surface area contributed by atoms with Crippen LogP contribution in [-0.2, 0) is 11.3 Å². The number of halogens is 2. The third-order valence-corrected chi connectivity index (χ3v) is 3.86. The van der Waals surface area contributed by atoms with Crippen LogP contribution in [-0.4, -0.2) is 54.0 Å². The molecule has 1 aromatic rings. The molecule has 2 rings (SSSR count). The summed E-state index contributed by atoms with van der Waals surface area (Å²) >= 11 is 0. The van der Waals surface area contributed by atoms with Gasteiger partial charge in [-0.25, -0.2) is 0 Å². The van der Waals surface area contributed by atoms with E-state index in [1.54, 1.807) is 0 Å². The van der Waals surface area contributed by atoms with Gasteiger partial charge in [0.1, 0.15) is 0 Å². The van der Waals surface area contributed by atoms with Crippen molar-refractivity contribution >= 4 is 30.7 Å². The van der Waals surface area contributed by atoms with Crippen LogP contribution >= 0.6 is 24.8 Å². The number of nitrogens with zero attached hydrogens (tertiary/aromatic N) is 2. The van der Waals surface area contributed by atoms with Gasteiger partial charge >= 0.3 is 0 Å². The molecule has 1 fully saturated rings. The quantitative estimate of drug-likeness (QED) is 0.894. The van der Waals surface area contributed by atoms with Crippen LogP contribution in [0.3, 0.4) is 0 Å². The summed E-state index contributed by atoms with van der Waals surface area (Å²) in [5.74, 6) is 0.216. The van der Waals surface area contributed by atoms with Gasteiger partial charge < -0.3 is 10.2 Å². The van der Waals surface area contributed by atoms with Crippen molar-refractivity contribution in [1.82, 2.24) is 15.1 Å². The molecular weight excluding hydrogens is 333 g/mol. The number of hydrogen-bond donors (Lipinski definition) is 1. The number of carbonyl (C=O) groups excluding carboxylic acids is 1. The molecule has 1 saturated heterocycles. The van der Waals surface area contributed by atoms with E-state index in [4.69, 9.17) is 0 Å². The maximum absolute atomic E-state index is 12.7. The lowest BCUT2D eigenvalue weighted by Crippen LogP contribution is -2.52. The van der Waals surface area contributed by atoms with Gasteiger partial charge in [0.15, 0.2) is 0 Å². The Morgan fingerprint density at radius 3 is 2.22 bits per heavy atom. The Hall–Kier alpha value is -0.810. The van der Waals surface area contributed by atoms with E-state index in [0.717, 1.165) is 26.2 Å². The Balaban J connectivity index is 0.00000242. The van der Waals surface area contributed by atoms with Crippen LogP contribution in [0, 0.1) is 0 Å². The first-order valence-electron chi connectivity index (χ1n) is 7.74. The molecule has 4 nitrogen and oxygen atoms in total. The molecular formula is C17H29Cl2N3O. The maximum atomic E-state index is 12.7. The number of nitrogens with one attached hydrogen (secondary N) is 1. The van der Waals surface area contributed by atoms with Crippen molar-refractivity contribution in [3.05, 3.63) is 35.9 Å². The van der Waals surface area contributed by atoms with Crippen molar-refractivity contribution in [3.63, 3.8) is 0 Å². The molecule has 1 aliphatic heterocycles. The van der Waals surface area contributed by atoms with E-state index in [-0.39, 0.29) is 36.3 Å². The summed E-state index contributed by atoms with van der Waals surface area (Å²) in [6.45, 7) is 11.4. The lowest BCUT2D eigenvalue weighted by Gasteiger charge is -2.38. The topological polar surface area (TPSA) is 35.6 Å². The van der Waals surface area contributed by atoms with Crippen molar-refractivity contribution in [1.29, 1.82) is 0 Å². The van der Waals surface area contributed by atoms with Crippen molar-refractivity contribution in [2.75, 3.05) is 32.7 Å². The van der Waals surface area contributed by atoms with Gasteiger partial charge in [-0.1, -0.05) is 30.3 Å². The summed E-state index contributed by atoms with van der Waals surface area (Å²) in [5.41, 5.74) is 1.02. The van der Waals surface area contributed by atoms with Gasteiger partial charge in [0, 0.05) is 38.3 Å². The molecule has 0 spiro atoms. The highest BCUT2D eigenvalue weighted by atomic mass is 35.5. The molecule has 0 bridgehead atoms. The Morgan fingerprint density at radius 1 is 1.13 bits per heavy atom. The van der Waals surface area contributed by atoms with E-state index in [9.17, 15) is 4.79 Å². The summed E-state index contributed by atoms with van der Waals surface area (Å²) in [7, 11) is 0. The summed E-state index contributed by atoms with van der Waals surface area (Å²) < 4.78 is 0. The largest absolute Gasteiger partial charge is 0.332 e. The van der Waals surface area contributed by atoms with E-state index in [0.29, 0.717) is 13.1 Å². The standard InChI is InChI=1S/C17H27N3O.2ClH/c1-17(2,3)20(13-15-7-5-4-6-8-15)16(21)14-19-11-9-18-10-12-19;;/h4-8,18H,9-14H2,1-3H3;2*1H. The van der Waals surface area contributed by atoms with Crippen molar-refractivity contribution < 1.29 is 4.79 Å². The second-order valence-electron chi connectivity index (χ2n) is 6.66. The van der Waals surface area contributed by atoms with E-state index in [2.05, 4.69) is 43.1 Å². The molecule has 1 aromatic carbocycles. The summed E-state index contributed by atoms with van der Waals surface area (Å²) in [6, 6.07) is 10.2. The van der Waals surface area contributed by atoms with Gasteiger partial charge in [-0.3, -0.25) is 9.69 Å². The molecule has 1 N–H and O–H groups in total. The normalized spacial score (nSPS) is 15.3. The minimum absolute atomic E-state index is 0. The number of carbonyl (C=O) groups is 1. The van der Waals surface area contributed by atoms with Crippen molar-refractivity contribution in [3.8, 4) is 0 Å². The lowest BCUT2D eigenvalue weighted by molar-refractivity contribution is -0.138. The second-order valence-corrected chi connectivity index (χ2v) is 6.66. The van der Waals surface area contributed by atoms with E-state index >= 15 is 0 Å². The first-order chi connectivity index (χ1) is 9.97. The number of amides is 1. The number of benzene rings is 1. The van der Waals surface area contributed by atoms with E-state index in [1.807, 2.05) is 23.1 Å². The summed E-state index contributed by atoms with van der Waals surface area (Å²) in [6.07, 6.45) is 0. The van der Waals surface area contributed by atoms with E-state index < -0.39 is 0 Å². The number of piperazine rings is 1. The monoisotopic (exact) mass is 361 g/mol. The highest BCUT2D eigenvalue weighted by molar-refractivity contribution is 5.85. The fraction of sp³-hybridized carbons (Fsp3) is 0.588. The predicted octanol–water partition coefficient (Wildman–Crippen LogP) is 2.56. The van der Waals surface area contributed by atoms with Crippen LogP contribution in [0.25, 0.3) is 0 Å². The van der Waals surface area contributed by atoms with Crippen LogP contribution in [0.4, 0.5) is 0 Å². The Bertz CT molecular complexity index is 457. The molecule has 0 unspecified atom stereocenters. The lowest BCUT2D eigenvalue weighted by atomic mass is 10.0. The molecule has 23 heavy (non-hydrogen) atoms. The average molecular weight is 362 g/mol. The molecule has 0 radical (unpaired) electrons. The Labute approximate surface area is 152 Å². The first-order valence-corrected chi connectivity index (χ1v) is 7.74. The fourth-order valence-electron chi connectivity index (χ4n) is 2.61. The number of hydrogen-bond acceptors (Lipinski definition) is 3. The van der Waals surface area contributed by atoms with Gasteiger partial charge in [0.05, 0.1) is 6.54 Å². The summed E-state index contributed by atoms with van der Waals surface area (Å²) in [4.78, 5) is 17.0. The van der Waals surface area contributed by atoms with Crippen LogP contribution in [0.5, 0.6) is 0 Å². The molecule has 0 aliphatic carbocycles. The highest BCUT2D eigenvalue weighted by Gasteiger charge is 2.27. The van der Waals surface area contributed by atoms with Crippen LogP contribution < -0.4 is 5.32 Å². The van der Waals surface area contributed by atoms with Crippen molar-refractivity contribution in [2.24, 2.45) is 0 Å². The van der Waals surface area contributed by atoms with Gasteiger partial charge in [0.25, 0.3) is 0 Å². The predicted molar refractivity (Wildman–Crippen MR) is 101 cm³/mol. The minimum Gasteiger partial charge on any atom is -0.332 e. The molecule has 1 heterocycles. The van der Waals surface area contributed by atoms with Gasteiger partial charge in [-0.05, 0) is 26.3 Å². The van der Waals surface area contributed by atoms with Gasteiger partial charge in [-0.15, -0.1) is 24.8 Å². The minimum atomic E-state index is -0.166. The molecule has 1 amide bonds. The zero-order valence-electron chi connectivity index (χ0n) is 14.2. The molecule has 1 aliphatic rings. The molecule has 0 atom stereocenters. The molecule has 0 saturated carbocycles. The summed E-state index contributed by atoms with van der Waals surface area (Å²) in [5, 5.41) is 3.32. The SMILES string of the molecule is CC(C)(C)N(Cc1ccccc1)C(=O)CN1CCNCC1.Cl.Cl. The third kappa shape index (κ3) is 7.08. The fourth-order valence-corrected chi connectivity index (χ4v) is 2.61. The molecule has 0 aromatic heterocycles. The second kappa shape index (κ2) is 10.1. The Morgan fingerprint density at radius 2 is 1.70 bits per heavy atom. The van der Waals surface area contributed by atoms with Crippen LogP contribution in [0.2, 0.25) is 0 Å². The smallest absolute Gasteiger partial charge is 0.237 e.